The normalized spacial score (nSPS) is 10.9. The summed E-state index contributed by atoms with van der Waals surface area (Å²) in [5.41, 5.74) is 0.908. The molecule has 0 atom stereocenters. The number of aromatic nitrogens is 2. The SMILES string of the molecule is COc1ccc(C(=O)OCc2cc(=O)n3cc(Cl)ccc3n2)c2ccccc12. The number of esters is 1. The van der Waals surface area contributed by atoms with Crippen molar-refractivity contribution in [2.75, 3.05) is 7.11 Å². The minimum atomic E-state index is -0.503. The highest BCUT2D eigenvalue weighted by Gasteiger charge is 2.15. The number of carbonyl (C=O) groups excluding carboxylic acids is 1. The largest absolute Gasteiger partial charge is 0.496 e. The van der Waals surface area contributed by atoms with Gasteiger partial charge >= 0.3 is 5.97 Å². The third-order valence-corrected chi connectivity index (χ3v) is 4.58. The van der Waals surface area contributed by atoms with E-state index in [9.17, 15) is 9.59 Å². The fourth-order valence-electron chi connectivity index (χ4n) is 3.04. The van der Waals surface area contributed by atoms with E-state index in [0.717, 1.165) is 10.8 Å². The fourth-order valence-corrected chi connectivity index (χ4v) is 3.21. The lowest BCUT2D eigenvalue weighted by molar-refractivity contribution is 0.0470. The molecular formula is C21H15ClN2O4. The highest BCUT2D eigenvalue weighted by Crippen LogP contribution is 2.28. The number of carbonyl (C=O) groups is 1. The van der Waals surface area contributed by atoms with Crippen molar-refractivity contribution in [1.29, 1.82) is 0 Å². The number of hydrogen-bond donors (Lipinski definition) is 0. The molecule has 6 nitrogen and oxygen atoms in total. The van der Waals surface area contributed by atoms with E-state index >= 15 is 0 Å². The Morgan fingerprint density at radius 3 is 2.68 bits per heavy atom. The number of benzene rings is 2. The van der Waals surface area contributed by atoms with Crippen molar-refractivity contribution in [2.45, 2.75) is 6.61 Å². The molecule has 140 valence electrons. The Labute approximate surface area is 164 Å². The van der Waals surface area contributed by atoms with Crippen molar-refractivity contribution >= 4 is 34.0 Å². The van der Waals surface area contributed by atoms with Crippen LogP contribution >= 0.6 is 11.6 Å². The molecule has 0 N–H and O–H groups in total. The number of ether oxygens (including phenoxy) is 2. The first kappa shape index (κ1) is 18.0. The zero-order valence-corrected chi connectivity index (χ0v) is 15.6. The molecule has 4 aromatic rings. The van der Waals surface area contributed by atoms with Gasteiger partial charge in [0.15, 0.2) is 0 Å². The summed E-state index contributed by atoms with van der Waals surface area (Å²) in [5.74, 6) is 0.173. The van der Waals surface area contributed by atoms with Gasteiger partial charge in [-0.1, -0.05) is 35.9 Å². The summed E-state index contributed by atoms with van der Waals surface area (Å²) in [5, 5.41) is 1.98. The zero-order chi connectivity index (χ0) is 19.7. The standard InChI is InChI=1S/C21H15ClN2O4/c1-27-18-8-7-17(15-4-2-3-5-16(15)18)21(26)28-12-14-10-20(25)24-11-13(22)6-9-19(24)23-14/h2-11H,12H2,1H3. The van der Waals surface area contributed by atoms with Gasteiger partial charge < -0.3 is 9.47 Å². The van der Waals surface area contributed by atoms with Crippen LogP contribution in [0.25, 0.3) is 16.4 Å². The summed E-state index contributed by atoms with van der Waals surface area (Å²) in [6, 6.07) is 15.4. The van der Waals surface area contributed by atoms with Gasteiger partial charge in [0, 0.05) is 17.6 Å². The van der Waals surface area contributed by atoms with E-state index in [-0.39, 0.29) is 12.2 Å². The number of halogens is 1. The summed E-state index contributed by atoms with van der Waals surface area (Å²) in [7, 11) is 1.58. The molecule has 0 unspecified atom stereocenters. The fraction of sp³-hybridized carbons (Fsp3) is 0.0952. The van der Waals surface area contributed by atoms with E-state index in [4.69, 9.17) is 21.1 Å². The topological polar surface area (TPSA) is 69.9 Å². The Bertz CT molecular complexity index is 1270. The van der Waals surface area contributed by atoms with Crippen molar-refractivity contribution in [2.24, 2.45) is 0 Å². The minimum absolute atomic E-state index is 0.118. The van der Waals surface area contributed by atoms with Crippen molar-refractivity contribution in [3.8, 4) is 5.75 Å². The summed E-state index contributed by atoms with van der Waals surface area (Å²) < 4.78 is 12.1. The van der Waals surface area contributed by atoms with E-state index in [1.165, 1.54) is 16.7 Å². The molecule has 2 heterocycles. The van der Waals surface area contributed by atoms with E-state index < -0.39 is 5.97 Å². The van der Waals surface area contributed by atoms with Crippen LogP contribution in [0.4, 0.5) is 0 Å². The van der Waals surface area contributed by atoms with Gasteiger partial charge in [-0.15, -0.1) is 0 Å². The lowest BCUT2D eigenvalue weighted by atomic mass is 10.0. The second kappa shape index (κ2) is 7.32. The molecule has 28 heavy (non-hydrogen) atoms. The maximum absolute atomic E-state index is 12.6. The molecule has 0 bridgehead atoms. The number of pyridine rings is 1. The Morgan fingerprint density at radius 2 is 1.89 bits per heavy atom. The van der Waals surface area contributed by atoms with E-state index in [1.54, 1.807) is 31.4 Å². The highest BCUT2D eigenvalue weighted by atomic mass is 35.5. The van der Waals surface area contributed by atoms with Crippen LogP contribution < -0.4 is 10.3 Å². The van der Waals surface area contributed by atoms with Crippen LogP contribution in [0.2, 0.25) is 5.02 Å². The number of methoxy groups -OCH3 is 1. The Balaban J connectivity index is 1.62. The van der Waals surface area contributed by atoms with Gasteiger partial charge in [0.1, 0.15) is 18.0 Å². The smallest absolute Gasteiger partial charge is 0.339 e. The molecule has 7 heteroatoms. The van der Waals surface area contributed by atoms with E-state index in [2.05, 4.69) is 4.98 Å². The first-order valence-corrected chi connectivity index (χ1v) is 8.85. The van der Waals surface area contributed by atoms with Crippen LogP contribution in [0, 0.1) is 0 Å². The average Bonchev–Trinajstić information content (AvgIpc) is 2.71. The molecule has 0 aliphatic rings. The predicted molar refractivity (Wildman–Crippen MR) is 106 cm³/mol. The predicted octanol–water partition coefficient (Wildman–Crippen LogP) is 3.87. The molecule has 4 rings (SSSR count). The zero-order valence-electron chi connectivity index (χ0n) is 14.9. The molecular weight excluding hydrogens is 380 g/mol. The summed E-state index contributed by atoms with van der Waals surface area (Å²) in [6.45, 7) is -0.118. The van der Waals surface area contributed by atoms with Crippen LogP contribution in [0.15, 0.2) is 65.6 Å². The van der Waals surface area contributed by atoms with Crippen molar-refractivity contribution < 1.29 is 14.3 Å². The molecule has 0 saturated carbocycles. The first-order chi connectivity index (χ1) is 13.6. The Hall–Kier alpha value is -3.38. The first-order valence-electron chi connectivity index (χ1n) is 8.47. The van der Waals surface area contributed by atoms with Crippen LogP contribution in [0.5, 0.6) is 5.75 Å². The monoisotopic (exact) mass is 394 g/mol. The number of fused-ring (bicyclic) bond motifs is 2. The summed E-state index contributed by atoms with van der Waals surface area (Å²) in [6.07, 6.45) is 1.49. The second-order valence-corrected chi connectivity index (χ2v) is 6.53. The summed E-state index contributed by atoms with van der Waals surface area (Å²) >= 11 is 5.90. The highest BCUT2D eigenvalue weighted by molar-refractivity contribution is 6.30. The average molecular weight is 395 g/mol. The number of rotatable bonds is 4. The molecule has 0 spiro atoms. The molecule has 0 radical (unpaired) electrons. The number of nitrogens with zero attached hydrogens (tertiary/aromatic N) is 2. The third kappa shape index (κ3) is 3.30. The van der Waals surface area contributed by atoms with Crippen molar-refractivity contribution in [3.05, 3.63) is 87.4 Å². The Morgan fingerprint density at radius 1 is 1.11 bits per heavy atom. The van der Waals surface area contributed by atoms with Gasteiger partial charge in [0.25, 0.3) is 5.56 Å². The second-order valence-electron chi connectivity index (χ2n) is 6.10. The van der Waals surface area contributed by atoms with E-state index in [1.807, 2.05) is 24.3 Å². The maximum atomic E-state index is 12.6. The molecule has 2 aromatic carbocycles. The van der Waals surface area contributed by atoms with Gasteiger partial charge in [0.2, 0.25) is 0 Å². The Kier molecular flexibility index (Phi) is 4.71. The van der Waals surface area contributed by atoms with Crippen LogP contribution in [-0.4, -0.2) is 22.5 Å². The molecule has 0 aliphatic carbocycles. The van der Waals surface area contributed by atoms with Gasteiger partial charge in [-0.05, 0) is 29.7 Å². The van der Waals surface area contributed by atoms with Crippen LogP contribution in [0.1, 0.15) is 16.1 Å². The van der Waals surface area contributed by atoms with Crippen LogP contribution in [-0.2, 0) is 11.3 Å². The maximum Gasteiger partial charge on any atom is 0.339 e. The third-order valence-electron chi connectivity index (χ3n) is 4.35. The minimum Gasteiger partial charge on any atom is -0.496 e. The van der Waals surface area contributed by atoms with Gasteiger partial charge in [0.05, 0.1) is 23.4 Å². The lowest BCUT2D eigenvalue weighted by Crippen LogP contribution is -2.16. The van der Waals surface area contributed by atoms with Crippen molar-refractivity contribution in [3.63, 3.8) is 0 Å². The molecule has 0 saturated heterocycles. The molecule has 0 amide bonds. The summed E-state index contributed by atoms with van der Waals surface area (Å²) in [4.78, 5) is 29.2. The van der Waals surface area contributed by atoms with Gasteiger partial charge in [-0.3, -0.25) is 9.20 Å². The van der Waals surface area contributed by atoms with Crippen molar-refractivity contribution in [1.82, 2.24) is 9.38 Å². The van der Waals surface area contributed by atoms with Gasteiger partial charge in [-0.2, -0.15) is 0 Å². The van der Waals surface area contributed by atoms with E-state index in [0.29, 0.717) is 27.7 Å². The number of hydrogen-bond acceptors (Lipinski definition) is 5. The molecule has 0 aliphatic heterocycles. The molecule has 2 aromatic heterocycles. The lowest BCUT2D eigenvalue weighted by Gasteiger charge is -2.10. The molecule has 0 fully saturated rings. The quantitative estimate of drug-likeness (QED) is 0.491. The van der Waals surface area contributed by atoms with Gasteiger partial charge in [-0.25, -0.2) is 9.78 Å². The van der Waals surface area contributed by atoms with Crippen LogP contribution in [0.3, 0.4) is 0 Å².